The van der Waals surface area contributed by atoms with Crippen molar-refractivity contribution in [2.75, 3.05) is 12.4 Å². The molecule has 0 unspecified atom stereocenters. The smallest absolute Gasteiger partial charge is 0.255 e. The van der Waals surface area contributed by atoms with E-state index in [0.29, 0.717) is 17.9 Å². The van der Waals surface area contributed by atoms with Crippen LogP contribution < -0.4 is 11.1 Å². The lowest BCUT2D eigenvalue weighted by Crippen LogP contribution is -2.13. The summed E-state index contributed by atoms with van der Waals surface area (Å²) in [6.07, 6.45) is 0. The molecule has 0 saturated carbocycles. The number of imidazole rings is 1. The van der Waals surface area contributed by atoms with Crippen molar-refractivity contribution >= 4 is 22.8 Å². The van der Waals surface area contributed by atoms with Crippen molar-refractivity contribution in [1.82, 2.24) is 19.7 Å². The highest BCUT2D eigenvalue weighted by Crippen LogP contribution is 2.20. The van der Waals surface area contributed by atoms with Crippen molar-refractivity contribution < 1.29 is 9.18 Å². The Bertz CT molecular complexity index is 1040. The highest BCUT2D eigenvalue weighted by atomic mass is 19.1. The van der Waals surface area contributed by atoms with Crippen LogP contribution in [0.15, 0.2) is 12.1 Å². The van der Waals surface area contributed by atoms with Gasteiger partial charge < -0.3 is 15.6 Å². The maximum Gasteiger partial charge on any atom is 0.255 e. The first-order chi connectivity index (χ1) is 12.0. The molecule has 1 aromatic carbocycles. The molecule has 0 aliphatic rings. The van der Waals surface area contributed by atoms with E-state index in [2.05, 4.69) is 32.3 Å². The Morgan fingerprint density at radius 3 is 2.84 bits per heavy atom. The molecule has 4 N–H and O–H groups in total. The number of aromatic nitrogens is 4. The lowest BCUT2D eigenvalue weighted by Gasteiger charge is -2.02. The van der Waals surface area contributed by atoms with Gasteiger partial charge in [-0.3, -0.25) is 9.89 Å². The Kier molecular flexibility index (Phi) is 4.15. The van der Waals surface area contributed by atoms with E-state index in [1.54, 1.807) is 13.1 Å². The van der Waals surface area contributed by atoms with Gasteiger partial charge in [0.25, 0.3) is 5.91 Å². The quantitative estimate of drug-likeness (QED) is 0.632. The van der Waals surface area contributed by atoms with E-state index in [0.717, 1.165) is 11.3 Å². The number of aromatic amines is 1. The van der Waals surface area contributed by atoms with Crippen molar-refractivity contribution in [2.45, 2.75) is 20.4 Å². The zero-order chi connectivity index (χ0) is 18.1. The first-order valence-corrected chi connectivity index (χ1v) is 7.70. The fraction of sp³-hybridized carbons (Fsp3) is 0.235. The maximum absolute atomic E-state index is 14.4. The predicted molar refractivity (Wildman–Crippen MR) is 92.7 cm³/mol. The zero-order valence-electron chi connectivity index (χ0n) is 14.1. The van der Waals surface area contributed by atoms with Crippen molar-refractivity contribution in [3.8, 4) is 11.8 Å². The minimum atomic E-state index is -0.671. The minimum Gasteiger partial charge on any atom is -0.371 e. The maximum atomic E-state index is 14.4. The molecule has 1 amide bonds. The fourth-order valence-electron chi connectivity index (χ4n) is 2.74. The number of nitrogens with one attached hydrogen (secondary N) is 2. The average molecular weight is 340 g/mol. The van der Waals surface area contributed by atoms with Crippen molar-refractivity contribution in [1.29, 1.82) is 0 Å². The number of halogens is 1. The van der Waals surface area contributed by atoms with Crippen molar-refractivity contribution in [3.63, 3.8) is 0 Å². The molecule has 0 atom stereocenters. The van der Waals surface area contributed by atoms with E-state index in [1.807, 2.05) is 18.4 Å². The molecule has 2 heterocycles. The number of H-pyrrole nitrogens is 1. The minimum absolute atomic E-state index is 0.141. The molecular formula is C17H17FN6O. The van der Waals surface area contributed by atoms with E-state index in [9.17, 15) is 9.18 Å². The van der Waals surface area contributed by atoms with Gasteiger partial charge in [-0.15, -0.1) is 0 Å². The van der Waals surface area contributed by atoms with Gasteiger partial charge in [0.1, 0.15) is 22.9 Å². The molecule has 8 heteroatoms. The number of primary amides is 1. The third-order valence-corrected chi connectivity index (χ3v) is 3.92. The summed E-state index contributed by atoms with van der Waals surface area (Å²) in [5.41, 5.74) is 7.29. The van der Waals surface area contributed by atoms with Gasteiger partial charge in [0.2, 0.25) is 0 Å². The van der Waals surface area contributed by atoms with Crippen LogP contribution in [0.1, 0.15) is 34.4 Å². The number of anilines is 1. The van der Waals surface area contributed by atoms with Crippen molar-refractivity contribution in [3.05, 3.63) is 40.6 Å². The van der Waals surface area contributed by atoms with Gasteiger partial charge in [-0.1, -0.05) is 5.92 Å². The topological polar surface area (TPSA) is 102 Å². The third kappa shape index (κ3) is 2.80. The van der Waals surface area contributed by atoms with Gasteiger partial charge >= 0.3 is 0 Å². The summed E-state index contributed by atoms with van der Waals surface area (Å²) in [5.74, 6) is 5.42. The number of rotatable bonds is 3. The van der Waals surface area contributed by atoms with Crippen LogP contribution in [-0.4, -0.2) is 32.7 Å². The van der Waals surface area contributed by atoms with Crippen LogP contribution in [0.2, 0.25) is 0 Å². The summed E-state index contributed by atoms with van der Waals surface area (Å²) in [6.45, 7) is 4.55. The number of fused-ring (bicyclic) bond motifs is 1. The largest absolute Gasteiger partial charge is 0.371 e. The Morgan fingerprint density at radius 1 is 1.44 bits per heavy atom. The van der Waals surface area contributed by atoms with Crippen LogP contribution in [0.25, 0.3) is 11.0 Å². The highest BCUT2D eigenvalue weighted by molar-refractivity contribution is 5.99. The van der Waals surface area contributed by atoms with Gasteiger partial charge in [-0.05, 0) is 25.8 Å². The Hall–Kier alpha value is -3.34. The second-order valence-electron chi connectivity index (χ2n) is 5.41. The van der Waals surface area contributed by atoms with E-state index >= 15 is 0 Å². The number of amides is 1. The van der Waals surface area contributed by atoms with Gasteiger partial charge in [-0.2, -0.15) is 5.10 Å². The number of hydrogen-bond acceptors (Lipinski definition) is 4. The number of nitrogens with two attached hydrogens (primary N) is 1. The Balaban J connectivity index is 2.08. The van der Waals surface area contributed by atoms with E-state index < -0.39 is 11.7 Å². The third-order valence-electron chi connectivity index (χ3n) is 3.92. The van der Waals surface area contributed by atoms with Crippen LogP contribution in [-0.2, 0) is 6.54 Å². The SMILES string of the molecule is CCn1c(C)nc2cc(C#Cc3[nH]nc(NC)c3C(N)=O)c(F)cc21. The molecular weight excluding hydrogens is 323 g/mol. The van der Waals surface area contributed by atoms with Crippen LogP contribution in [0, 0.1) is 24.6 Å². The molecule has 0 saturated heterocycles. The Labute approximate surface area is 143 Å². The van der Waals surface area contributed by atoms with Crippen LogP contribution in [0.3, 0.4) is 0 Å². The number of nitrogens with zero attached hydrogens (tertiary/aromatic N) is 3. The molecule has 0 bridgehead atoms. The normalized spacial score (nSPS) is 10.6. The molecule has 0 spiro atoms. The summed E-state index contributed by atoms with van der Waals surface area (Å²) in [5, 5.41) is 9.29. The van der Waals surface area contributed by atoms with E-state index in [-0.39, 0.29) is 16.8 Å². The summed E-state index contributed by atoms with van der Waals surface area (Å²) >= 11 is 0. The lowest BCUT2D eigenvalue weighted by molar-refractivity contribution is 0.100. The fourth-order valence-corrected chi connectivity index (χ4v) is 2.74. The molecule has 7 nitrogen and oxygen atoms in total. The number of benzene rings is 1. The first kappa shape index (κ1) is 16.5. The number of carbonyl (C=O) groups excluding carboxylic acids is 1. The highest BCUT2D eigenvalue weighted by Gasteiger charge is 2.16. The standard InChI is InChI=1S/C17H17FN6O/c1-4-24-9(2)21-13-7-10(11(18)8-14(13)24)5-6-12-15(16(19)25)17(20-3)23-22-12/h7-8H,4H2,1-3H3,(H2,19,25)(H2,20,22,23). The second-order valence-corrected chi connectivity index (χ2v) is 5.41. The first-order valence-electron chi connectivity index (χ1n) is 7.70. The van der Waals surface area contributed by atoms with Gasteiger partial charge in [0, 0.05) is 19.7 Å². The van der Waals surface area contributed by atoms with Gasteiger partial charge in [0.15, 0.2) is 5.82 Å². The summed E-state index contributed by atoms with van der Waals surface area (Å²) in [4.78, 5) is 16.0. The van der Waals surface area contributed by atoms with Gasteiger partial charge in [-0.25, -0.2) is 9.37 Å². The lowest BCUT2D eigenvalue weighted by atomic mass is 10.1. The average Bonchev–Trinajstić information content (AvgIpc) is 3.12. The van der Waals surface area contributed by atoms with E-state index in [4.69, 9.17) is 5.73 Å². The van der Waals surface area contributed by atoms with E-state index in [1.165, 1.54) is 6.07 Å². The molecule has 0 fully saturated rings. The molecule has 2 aromatic heterocycles. The molecule has 3 aromatic rings. The van der Waals surface area contributed by atoms with Crippen LogP contribution in [0.4, 0.5) is 10.2 Å². The van der Waals surface area contributed by atoms with Crippen LogP contribution in [0.5, 0.6) is 0 Å². The van der Waals surface area contributed by atoms with Crippen LogP contribution >= 0.6 is 0 Å². The number of aryl methyl sites for hydroxylation is 2. The molecule has 0 radical (unpaired) electrons. The van der Waals surface area contributed by atoms with Gasteiger partial charge in [0.05, 0.1) is 16.6 Å². The predicted octanol–water partition coefficient (Wildman–Crippen LogP) is 1.77. The molecule has 25 heavy (non-hydrogen) atoms. The monoisotopic (exact) mass is 340 g/mol. The second kappa shape index (κ2) is 6.28. The summed E-state index contributed by atoms with van der Waals surface area (Å²) < 4.78 is 16.3. The molecule has 0 aliphatic carbocycles. The summed E-state index contributed by atoms with van der Waals surface area (Å²) in [7, 11) is 1.61. The number of carbonyl (C=O) groups is 1. The molecule has 3 rings (SSSR count). The van der Waals surface area contributed by atoms with Crippen molar-refractivity contribution in [2.24, 2.45) is 5.73 Å². The number of hydrogen-bond donors (Lipinski definition) is 3. The summed E-state index contributed by atoms with van der Waals surface area (Å²) in [6, 6.07) is 3.01. The Morgan fingerprint density at radius 2 is 2.20 bits per heavy atom. The molecule has 0 aliphatic heterocycles. The molecule has 128 valence electrons. The zero-order valence-corrected chi connectivity index (χ0v) is 14.1.